The SMILES string of the molecule is C1=CCCC1.C1CCCC1.C1CCCC1.CC.CC.CC.CC.CC. The Kier molecular flexibility index (Phi) is 80.9. The lowest BCUT2D eigenvalue weighted by molar-refractivity contribution is 0.886. The summed E-state index contributed by atoms with van der Waals surface area (Å²) in [6.45, 7) is 20.0. The normalized spacial score (nSPS) is 15.0. The van der Waals surface area contributed by atoms with Crippen LogP contribution in [0.25, 0.3) is 0 Å². The van der Waals surface area contributed by atoms with Crippen molar-refractivity contribution in [3.05, 3.63) is 12.2 Å². The second kappa shape index (κ2) is 56.5. The molecule has 0 aromatic heterocycles. The molecule has 0 bridgehead atoms. The van der Waals surface area contributed by atoms with Gasteiger partial charge in [-0.25, -0.2) is 0 Å². The van der Waals surface area contributed by atoms with Crippen LogP contribution in [0.15, 0.2) is 12.2 Å². The highest BCUT2D eigenvalue weighted by atomic mass is 14.0. The fourth-order valence-corrected chi connectivity index (χ4v) is 2.36. The first-order valence-electron chi connectivity index (χ1n) is 12.1. The van der Waals surface area contributed by atoms with Crippen LogP contribution in [0.3, 0.4) is 0 Å². The van der Waals surface area contributed by atoms with Crippen LogP contribution in [0.5, 0.6) is 0 Å². The van der Waals surface area contributed by atoms with Crippen molar-refractivity contribution >= 4 is 0 Å². The van der Waals surface area contributed by atoms with E-state index in [2.05, 4.69) is 12.2 Å². The average molecular weight is 359 g/mol. The quantitative estimate of drug-likeness (QED) is 0.377. The first kappa shape index (κ1) is 35.8. The third-order valence-corrected chi connectivity index (χ3v) is 3.41. The molecule has 0 radical (unpaired) electrons. The maximum absolute atomic E-state index is 2.24. The summed E-state index contributed by atoms with van der Waals surface area (Å²) in [5, 5.41) is 0. The number of hydrogen-bond donors (Lipinski definition) is 0. The van der Waals surface area contributed by atoms with Crippen molar-refractivity contribution in [2.24, 2.45) is 0 Å². The number of hydrogen-bond acceptors (Lipinski definition) is 0. The molecule has 0 heteroatoms. The van der Waals surface area contributed by atoms with Gasteiger partial charge in [0.1, 0.15) is 0 Å². The van der Waals surface area contributed by atoms with Gasteiger partial charge >= 0.3 is 0 Å². The molecule has 2 saturated carbocycles. The minimum atomic E-state index is 1.32. The van der Waals surface area contributed by atoms with Gasteiger partial charge in [-0.2, -0.15) is 0 Å². The lowest BCUT2D eigenvalue weighted by Gasteiger charge is -1.69. The summed E-state index contributed by atoms with van der Waals surface area (Å²) in [6.07, 6.45) is 23.5. The first-order chi connectivity index (χ1) is 12.5. The van der Waals surface area contributed by atoms with Crippen LogP contribution in [0.4, 0.5) is 0 Å². The Balaban J connectivity index is -0.0000000645. The second-order valence-electron chi connectivity index (χ2n) is 4.94. The van der Waals surface area contributed by atoms with E-state index in [4.69, 9.17) is 0 Å². The number of rotatable bonds is 0. The Hall–Kier alpha value is -0.260. The van der Waals surface area contributed by atoms with E-state index in [1.54, 1.807) is 0 Å². The molecule has 0 aromatic carbocycles. The van der Waals surface area contributed by atoms with Crippen molar-refractivity contribution in [3.63, 3.8) is 0 Å². The molecule has 0 spiro atoms. The molecule has 158 valence electrons. The summed E-state index contributed by atoms with van der Waals surface area (Å²) >= 11 is 0. The van der Waals surface area contributed by atoms with E-state index in [0.29, 0.717) is 0 Å². The topological polar surface area (TPSA) is 0 Å². The van der Waals surface area contributed by atoms with Gasteiger partial charge in [-0.1, -0.05) is 146 Å². The third-order valence-electron chi connectivity index (χ3n) is 3.41. The van der Waals surface area contributed by atoms with Crippen LogP contribution in [0, 0.1) is 0 Å². The lowest BCUT2D eigenvalue weighted by atomic mass is 10.4. The maximum Gasteiger partial charge on any atom is -0.0348 e. The van der Waals surface area contributed by atoms with Gasteiger partial charge in [-0.15, -0.1) is 0 Å². The van der Waals surface area contributed by atoms with Crippen molar-refractivity contribution in [1.82, 2.24) is 0 Å². The largest absolute Gasteiger partial charge is 0.0885 e. The molecule has 0 aliphatic heterocycles. The Morgan fingerprint density at radius 1 is 0.280 bits per heavy atom. The predicted molar refractivity (Wildman–Crippen MR) is 126 cm³/mol. The van der Waals surface area contributed by atoms with E-state index in [1.807, 2.05) is 69.2 Å². The molecule has 0 amide bonds. The average Bonchev–Trinajstić information content (AvgIpc) is 3.55. The van der Waals surface area contributed by atoms with E-state index >= 15 is 0 Å². The predicted octanol–water partition coefficient (Wildman–Crippen LogP) is 10.8. The molecule has 0 heterocycles. The van der Waals surface area contributed by atoms with E-state index < -0.39 is 0 Å². The van der Waals surface area contributed by atoms with Crippen LogP contribution >= 0.6 is 0 Å². The molecule has 2 fully saturated rings. The van der Waals surface area contributed by atoms with E-state index in [0.717, 1.165) is 0 Å². The van der Waals surface area contributed by atoms with Gasteiger partial charge in [-0.3, -0.25) is 0 Å². The molecule has 3 rings (SSSR count). The fraction of sp³-hybridized carbons (Fsp3) is 0.920. The van der Waals surface area contributed by atoms with Crippen LogP contribution in [-0.4, -0.2) is 0 Å². The molecular weight excluding hydrogens is 300 g/mol. The highest BCUT2D eigenvalue weighted by Gasteiger charge is 1.95. The first-order valence-corrected chi connectivity index (χ1v) is 12.1. The second-order valence-corrected chi connectivity index (χ2v) is 4.94. The molecule has 0 nitrogen and oxygen atoms in total. The van der Waals surface area contributed by atoms with Crippen molar-refractivity contribution in [3.8, 4) is 0 Å². The van der Waals surface area contributed by atoms with Crippen LogP contribution in [0.1, 0.15) is 153 Å². The molecular formula is C25H58. The monoisotopic (exact) mass is 358 g/mol. The minimum absolute atomic E-state index is 1.32. The van der Waals surface area contributed by atoms with Gasteiger partial charge in [0.15, 0.2) is 0 Å². The maximum atomic E-state index is 2.24. The Morgan fingerprint density at radius 3 is 0.520 bits per heavy atom. The highest BCUT2D eigenvalue weighted by molar-refractivity contribution is 4.88. The summed E-state index contributed by atoms with van der Waals surface area (Å²) in [7, 11) is 0. The molecule has 0 saturated heterocycles. The van der Waals surface area contributed by atoms with Crippen LogP contribution < -0.4 is 0 Å². The highest BCUT2D eigenvalue weighted by Crippen LogP contribution is 2.15. The molecule has 0 aromatic rings. The third kappa shape index (κ3) is 51.6. The summed E-state index contributed by atoms with van der Waals surface area (Å²) < 4.78 is 0. The Bertz CT molecular complexity index is 107. The van der Waals surface area contributed by atoms with Crippen molar-refractivity contribution in [1.29, 1.82) is 0 Å². The van der Waals surface area contributed by atoms with Gasteiger partial charge in [0.2, 0.25) is 0 Å². The van der Waals surface area contributed by atoms with E-state index in [9.17, 15) is 0 Å². The van der Waals surface area contributed by atoms with Crippen molar-refractivity contribution < 1.29 is 0 Å². The summed E-state index contributed by atoms with van der Waals surface area (Å²) in [5.41, 5.74) is 0. The van der Waals surface area contributed by atoms with Gasteiger partial charge in [0.25, 0.3) is 0 Å². The van der Waals surface area contributed by atoms with Gasteiger partial charge in [-0.05, 0) is 19.3 Å². The Morgan fingerprint density at radius 2 is 0.440 bits per heavy atom. The van der Waals surface area contributed by atoms with Crippen LogP contribution in [-0.2, 0) is 0 Å². The minimum Gasteiger partial charge on any atom is -0.0885 e. The molecule has 0 N–H and O–H groups in total. The zero-order valence-electron chi connectivity index (χ0n) is 20.3. The van der Waals surface area contributed by atoms with Gasteiger partial charge < -0.3 is 0 Å². The molecule has 0 unspecified atom stereocenters. The lowest BCUT2D eigenvalue weighted by Crippen LogP contribution is -1.50. The summed E-state index contributed by atoms with van der Waals surface area (Å²) in [6, 6.07) is 0. The standard InChI is InChI=1S/2C5H10.C5H8.5C2H6/c3*1-2-4-5-3-1;5*1-2/h2*1-5H2;1-2H,3-5H2;5*1-2H3. The van der Waals surface area contributed by atoms with E-state index in [-0.39, 0.29) is 0 Å². The van der Waals surface area contributed by atoms with Crippen molar-refractivity contribution in [2.45, 2.75) is 153 Å². The molecule has 3 aliphatic rings. The zero-order chi connectivity index (χ0) is 20.6. The smallest absolute Gasteiger partial charge is 0.0348 e. The van der Waals surface area contributed by atoms with E-state index in [1.165, 1.54) is 83.5 Å². The van der Waals surface area contributed by atoms with Crippen LogP contribution in [0.2, 0.25) is 0 Å². The zero-order valence-corrected chi connectivity index (χ0v) is 20.3. The molecule has 3 aliphatic carbocycles. The number of allylic oxidation sites excluding steroid dienone is 2. The Labute approximate surface area is 165 Å². The summed E-state index contributed by atoms with van der Waals surface area (Å²) in [5.74, 6) is 0. The van der Waals surface area contributed by atoms with Gasteiger partial charge in [0, 0.05) is 0 Å². The fourth-order valence-electron chi connectivity index (χ4n) is 2.36. The molecule has 25 heavy (non-hydrogen) atoms. The summed E-state index contributed by atoms with van der Waals surface area (Å²) in [4.78, 5) is 0. The molecule has 0 atom stereocenters. The van der Waals surface area contributed by atoms with Crippen molar-refractivity contribution in [2.75, 3.05) is 0 Å². The van der Waals surface area contributed by atoms with Gasteiger partial charge in [0.05, 0.1) is 0 Å².